The van der Waals surface area contributed by atoms with E-state index in [9.17, 15) is 0 Å². The molecule has 2 aliphatic rings. The Hall–Kier alpha value is -0.725. The van der Waals surface area contributed by atoms with Gasteiger partial charge in [-0.05, 0) is 37.6 Å². The first kappa shape index (κ1) is 10.8. The number of nitrogens with one attached hydrogen (secondary N) is 1. The Labute approximate surface area is 93.6 Å². The van der Waals surface area contributed by atoms with Crippen molar-refractivity contribution in [2.75, 3.05) is 0 Å². The van der Waals surface area contributed by atoms with Crippen LogP contribution in [0.3, 0.4) is 0 Å². The van der Waals surface area contributed by atoms with Crippen LogP contribution in [0, 0.1) is 5.41 Å². The Morgan fingerprint density at radius 3 is 2.73 bits per heavy atom. The molecule has 1 aliphatic carbocycles. The van der Waals surface area contributed by atoms with Crippen LogP contribution in [0.25, 0.3) is 0 Å². The summed E-state index contributed by atoms with van der Waals surface area (Å²) in [6, 6.07) is 0.388. The van der Waals surface area contributed by atoms with E-state index < -0.39 is 0 Å². The minimum absolute atomic E-state index is 0.177. The van der Waals surface area contributed by atoms with Crippen LogP contribution in [0.2, 0.25) is 5.31 Å². The van der Waals surface area contributed by atoms with Crippen molar-refractivity contribution in [2.24, 2.45) is 0 Å². The topological polar surface area (TPSA) is 27.1 Å². The van der Waals surface area contributed by atoms with Gasteiger partial charge in [0.1, 0.15) is 5.84 Å². The first-order valence-corrected chi connectivity index (χ1v) is 5.81. The number of rotatable bonds is 1. The van der Waals surface area contributed by atoms with Crippen molar-refractivity contribution in [3.8, 4) is 0 Å². The van der Waals surface area contributed by atoms with E-state index in [-0.39, 0.29) is 5.31 Å². The molecule has 80 valence electrons. The Morgan fingerprint density at radius 2 is 2.13 bits per heavy atom. The lowest BCUT2D eigenvalue weighted by atomic mass is 9.59. The fourth-order valence-electron chi connectivity index (χ4n) is 2.86. The van der Waals surface area contributed by atoms with Gasteiger partial charge in [-0.3, -0.25) is 5.41 Å². The zero-order valence-corrected chi connectivity index (χ0v) is 9.93. The van der Waals surface area contributed by atoms with Gasteiger partial charge >= 0.3 is 0 Å². The standard InChI is InChI=1S/C12H19BN2/c1-8(2)15-10-5-4-6-12(3,13)9(10)7-11(15)14/h8,14H,4-7H2,1-3H3. The summed E-state index contributed by atoms with van der Waals surface area (Å²) in [7, 11) is 6.31. The van der Waals surface area contributed by atoms with Gasteiger partial charge in [-0.25, -0.2) is 0 Å². The van der Waals surface area contributed by atoms with Crippen molar-refractivity contribution in [3.05, 3.63) is 11.3 Å². The zero-order chi connectivity index (χ0) is 11.2. The van der Waals surface area contributed by atoms with Gasteiger partial charge in [0.2, 0.25) is 0 Å². The molecule has 2 radical (unpaired) electrons. The largest absolute Gasteiger partial charge is 0.331 e. The molecular weight excluding hydrogens is 183 g/mol. The minimum atomic E-state index is -0.177. The molecule has 2 rings (SSSR count). The second-order valence-electron chi connectivity index (χ2n) is 5.28. The van der Waals surface area contributed by atoms with Crippen molar-refractivity contribution in [2.45, 2.75) is 57.8 Å². The van der Waals surface area contributed by atoms with E-state index in [4.69, 9.17) is 13.3 Å². The quantitative estimate of drug-likeness (QED) is 0.650. The van der Waals surface area contributed by atoms with E-state index in [1.165, 1.54) is 11.3 Å². The molecular formula is C12H19BN2. The van der Waals surface area contributed by atoms with Crippen LogP contribution >= 0.6 is 0 Å². The number of nitrogens with zero attached hydrogens (tertiary/aromatic N) is 1. The van der Waals surface area contributed by atoms with Gasteiger partial charge in [0, 0.05) is 18.2 Å². The molecule has 1 unspecified atom stereocenters. The molecule has 15 heavy (non-hydrogen) atoms. The lowest BCUT2D eigenvalue weighted by Gasteiger charge is -2.35. The van der Waals surface area contributed by atoms with Gasteiger partial charge in [0.15, 0.2) is 0 Å². The molecule has 3 heteroatoms. The molecule has 0 bridgehead atoms. The van der Waals surface area contributed by atoms with Crippen LogP contribution in [-0.4, -0.2) is 24.6 Å². The molecule has 0 aromatic rings. The first-order valence-electron chi connectivity index (χ1n) is 5.81. The van der Waals surface area contributed by atoms with E-state index in [2.05, 4.69) is 25.7 Å². The summed E-state index contributed by atoms with van der Waals surface area (Å²) in [5.41, 5.74) is 2.65. The molecule has 0 aromatic heterocycles. The smallest absolute Gasteiger partial charge is 0.104 e. The van der Waals surface area contributed by atoms with Crippen LogP contribution in [0.4, 0.5) is 0 Å². The monoisotopic (exact) mass is 202 g/mol. The third-order valence-electron chi connectivity index (χ3n) is 3.59. The maximum Gasteiger partial charge on any atom is 0.104 e. The fourth-order valence-corrected chi connectivity index (χ4v) is 2.86. The highest BCUT2D eigenvalue weighted by Crippen LogP contribution is 2.50. The molecule has 0 aromatic carbocycles. The zero-order valence-electron chi connectivity index (χ0n) is 9.93. The predicted molar refractivity (Wildman–Crippen MR) is 64.3 cm³/mol. The van der Waals surface area contributed by atoms with Gasteiger partial charge in [-0.1, -0.05) is 13.3 Å². The number of hydrogen-bond acceptors (Lipinski definition) is 1. The van der Waals surface area contributed by atoms with Crippen molar-refractivity contribution in [1.82, 2.24) is 4.90 Å². The van der Waals surface area contributed by atoms with Gasteiger partial charge in [-0.2, -0.15) is 0 Å². The third-order valence-corrected chi connectivity index (χ3v) is 3.59. The van der Waals surface area contributed by atoms with E-state index in [1.54, 1.807) is 0 Å². The van der Waals surface area contributed by atoms with Gasteiger partial charge in [0.05, 0.1) is 7.85 Å². The maximum atomic E-state index is 8.04. The first-order chi connectivity index (χ1) is 6.93. The Kier molecular flexibility index (Phi) is 2.44. The lowest BCUT2D eigenvalue weighted by Crippen LogP contribution is -2.32. The summed E-state index contributed by atoms with van der Waals surface area (Å²) in [6.45, 7) is 6.40. The molecule has 0 fully saturated rings. The van der Waals surface area contributed by atoms with Crippen molar-refractivity contribution >= 4 is 13.7 Å². The van der Waals surface area contributed by atoms with Gasteiger partial charge < -0.3 is 4.90 Å². The van der Waals surface area contributed by atoms with E-state index in [0.29, 0.717) is 6.04 Å². The molecule has 0 spiro atoms. The SMILES string of the molecule is [B]C1(C)CCCC2=C1CC(=N)N2C(C)C. The fraction of sp³-hybridized carbons (Fsp3) is 0.750. The average Bonchev–Trinajstić information content (AvgIpc) is 2.42. The molecule has 1 N–H and O–H groups in total. The normalized spacial score (nSPS) is 31.5. The minimum Gasteiger partial charge on any atom is -0.331 e. The molecule has 1 heterocycles. The van der Waals surface area contributed by atoms with Crippen LogP contribution in [0.15, 0.2) is 11.3 Å². The highest BCUT2D eigenvalue weighted by molar-refractivity contribution is 6.18. The summed E-state index contributed by atoms with van der Waals surface area (Å²) in [6.07, 6.45) is 4.08. The van der Waals surface area contributed by atoms with E-state index in [0.717, 1.165) is 31.5 Å². The highest BCUT2D eigenvalue weighted by Gasteiger charge is 2.38. The number of hydrogen-bond donors (Lipinski definition) is 1. The second-order valence-corrected chi connectivity index (χ2v) is 5.28. The van der Waals surface area contributed by atoms with Crippen molar-refractivity contribution in [3.63, 3.8) is 0 Å². The Bertz CT molecular complexity index is 329. The molecule has 0 saturated carbocycles. The van der Waals surface area contributed by atoms with Crippen molar-refractivity contribution < 1.29 is 0 Å². The van der Waals surface area contributed by atoms with Gasteiger partial charge in [0.25, 0.3) is 0 Å². The van der Waals surface area contributed by atoms with Gasteiger partial charge in [-0.15, -0.1) is 0 Å². The summed E-state index contributed by atoms with van der Waals surface area (Å²) in [5.74, 6) is 0.730. The van der Waals surface area contributed by atoms with Crippen LogP contribution in [0.1, 0.15) is 46.5 Å². The highest BCUT2D eigenvalue weighted by atomic mass is 15.2. The van der Waals surface area contributed by atoms with Crippen LogP contribution in [-0.2, 0) is 0 Å². The number of allylic oxidation sites excluding steroid dienone is 1. The Morgan fingerprint density at radius 1 is 1.47 bits per heavy atom. The van der Waals surface area contributed by atoms with Crippen LogP contribution in [0.5, 0.6) is 0 Å². The number of amidine groups is 1. The predicted octanol–water partition coefficient (Wildman–Crippen LogP) is 2.86. The lowest BCUT2D eigenvalue weighted by molar-refractivity contribution is 0.393. The molecule has 0 amide bonds. The summed E-state index contributed by atoms with van der Waals surface area (Å²) in [5, 5.41) is 7.86. The molecule has 0 saturated heterocycles. The molecule has 1 atom stereocenters. The molecule has 1 aliphatic heterocycles. The summed E-state index contributed by atoms with van der Waals surface area (Å²) in [4.78, 5) is 2.17. The van der Waals surface area contributed by atoms with Crippen LogP contribution < -0.4 is 0 Å². The maximum absolute atomic E-state index is 8.04. The van der Waals surface area contributed by atoms with Crippen molar-refractivity contribution in [1.29, 1.82) is 5.41 Å². The average molecular weight is 202 g/mol. The third kappa shape index (κ3) is 1.62. The Balaban J connectivity index is 2.39. The second kappa shape index (κ2) is 3.39. The van der Waals surface area contributed by atoms with E-state index >= 15 is 0 Å². The summed E-state index contributed by atoms with van der Waals surface area (Å²) < 4.78 is 0. The molecule has 2 nitrogen and oxygen atoms in total. The van der Waals surface area contributed by atoms with E-state index in [1.807, 2.05) is 0 Å². The summed E-state index contributed by atoms with van der Waals surface area (Å²) >= 11 is 0.